The number of piperazine rings is 1. The smallest absolute Gasteiger partial charge is 0.248 e. The largest absolute Gasteiger partial charge is 0.384 e. The van der Waals surface area contributed by atoms with Crippen molar-refractivity contribution in [3.05, 3.63) is 0 Å². The first-order valence-corrected chi connectivity index (χ1v) is 6.56. The molecule has 2 unspecified atom stereocenters. The summed E-state index contributed by atoms with van der Waals surface area (Å²) in [5.41, 5.74) is -0.678. The third kappa shape index (κ3) is 2.51. The number of hydrogen-bond donors (Lipinski definition) is 1. The number of ether oxygens (including phenoxy) is 1. The SMILES string of the molecule is COCC(C)CN1CC(=O)NC(C)(C2CC2)C1=O. The normalized spacial score (nSPS) is 30.3. The molecule has 2 fully saturated rings. The molecule has 2 amide bonds. The Kier molecular flexibility index (Phi) is 3.61. The van der Waals surface area contributed by atoms with Gasteiger partial charge in [-0.05, 0) is 31.6 Å². The van der Waals surface area contributed by atoms with Gasteiger partial charge in [0.05, 0.1) is 13.2 Å². The van der Waals surface area contributed by atoms with Crippen molar-refractivity contribution < 1.29 is 14.3 Å². The summed E-state index contributed by atoms with van der Waals surface area (Å²) in [6.07, 6.45) is 2.06. The molecule has 102 valence electrons. The van der Waals surface area contributed by atoms with Crippen molar-refractivity contribution in [3.63, 3.8) is 0 Å². The second kappa shape index (κ2) is 4.88. The molecular weight excluding hydrogens is 232 g/mol. The molecule has 0 aromatic heterocycles. The summed E-state index contributed by atoms with van der Waals surface area (Å²) in [5, 5.41) is 2.88. The molecule has 1 N–H and O–H groups in total. The van der Waals surface area contributed by atoms with Gasteiger partial charge in [0.1, 0.15) is 5.54 Å². The molecule has 0 aromatic rings. The van der Waals surface area contributed by atoms with Crippen molar-refractivity contribution in [2.75, 3.05) is 26.8 Å². The summed E-state index contributed by atoms with van der Waals surface area (Å²) in [5.74, 6) is 0.573. The second-order valence-electron chi connectivity index (χ2n) is 5.77. The molecular formula is C13H22N2O3. The summed E-state index contributed by atoms with van der Waals surface area (Å²) in [7, 11) is 1.65. The molecule has 0 radical (unpaired) electrons. The Balaban J connectivity index is 2.05. The van der Waals surface area contributed by atoms with Gasteiger partial charge in [-0.15, -0.1) is 0 Å². The summed E-state index contributed by atoms with van der Waals surface area (Å²) < 4.78 is 5.08. The fourth-order valence-electron chi connectivity index (χ4n) is 2.75. The van der Waals surface area contributed by atoms with Crippen LogP contribution in [0.5, 0.6) is 0 Å². The number of nitrogens with one attached hydrogen (secondary N) is 1. The molecule has 0 aromatic carbocycles. The van der Waals surface area contributed by atoms with Gasteiger partial charge in [-0.25, -0.2) is 0 Å². The topological polar surface area (TPSA) is 58.6 Å². The van der Waals surface area contributed by atoms with Crippen molar-refractivity contribution in [2.24, 2.45) is 11.8 Å². The number of nitrogens with zero attached hydrogens (tertiary/aromatic N) is 1. The molecule has 0 bridgehead atoms. The van der Waals surface area contributed by atoms with Gasteiger partial charge in [0.15, 0.2) is 0 Å². The number of carbonyl (C=O) groups excluding carboxylic acids is 2. The highest BCUT2D eigenvalue weighted by molar-refractivity contribution is 5.98. The van der Waals surface area contributed by atoms with Crippen LogP contribution in [0.2, 0.25) is 0 Å². The maximum absolute atomic E-state index is 12.5. The van der Waals surface area contributed by atoms with Gasteiger partial charge in [0, 0.05) is 13.7 Å². The fraction of sp³-hybridized carbons (Fsp3) is 0.846. The average Bonchev–Trinajstić information content (AvgIpc) is 3.09. The lowest BCUT2D eigenvalue weighted by Crippen LogP contribution is -2.66. The highest BCUT2D eigenvalue weighted by atomic mass is 16.5. The second-order valence-corrected chi connectivity index (χ2v) is 5.77. The fourth-order valence-corrected chi connectivity index (χ4v) is 2.75. The average molecular weight is 254 g/mol. The lowest BCUT2D eigenvalue weighted by molar-refractivity contribution is -0.151. The van der Waals surface area contributed by atoms with E-state index >= 15 is 0 Å². The summed E-state index contributed by atoms with van der Waals surface area (Å²) in [6.45, 7) is 5.25. The Hall–Kier alpha value is -1.10. The molecule has 1 heterocycles. The first kappa shape index (κ1) is 13.3. The van der Waals surface area contributed by atoms with Gasteiger partial charge in [0.2, 0.25) is 11.8 Å². The summed E-state index contributed by atoms with van der Waals surface area (Å²) in [4.78, 5) is 25.9. The Morgan fingerprint density at radius 1 is 1.50 bits per heavy atom. The van der Waals surface area contributed by atoms with Gasteiger partial charge < -0.3 is 15.0 Å². The molecule has 2 aliphatic rings. The number of methoxy groups -OCH3 is 1. The number of amides is 2. The maximum Gasteiger partial charge on any atom is 0.248 e. The first-order valence-electron chi connectivity index (χ1n) is 6.56. The molecule has 18 heavy (non-hydrogen) atoms. The van der Waals surface area contributed by atoms with E-state index in [2.05, 4.69) is 5.32 Å². The lowest BCUT2D eigenvalue weighted by Gasteiger charge is -2.41. The number of rotatable bonds is 5. The third-order valence-electron chi connectivity index (χ3n) is 3.84. The van der Waals surface area contributed by atoms with Crippen LogP contribution in [0.1, 0.15) is 26.7 Å². The van der Waals surface area contributed by atoms with Crippen LogP contribution in [0.15, 0.2) is 0 Å². The van der Waals surface area contributed by atoms with Crippen LogP contribution in [0.4, 0.5) is 0 Å². The van der Waals surface area contributed by atoms with Crippen LogP contribution in [0.25, 0.3) is 0 Å². The van der Waals surface area contributed by atoms with E-state index in [0.717, 1.165) is 12.8 Å². The number of hydrogen-bond acceptors (Lipinski definition) is 3. The van der Waals surface area contributed by atoms with Crippen LogP contribution < -0.4 is 5.32 Å². The molecule has 1 aliphatic heterocycles. The van der Waals surface area contributed by atoms with Crippen molar-refractivity contribution in [1.29, 1.82) is 0 Å². The molecule has 2 atom stereocenters. The van der Waals surface area contributed by atoms with Gasteiger partial charge >= 0.3 is 0 Å². The minimum absolute atomic E-state index is 0.0476. The zero-order valence-electron chi connectivity index (χ0n) is 11.4. The van der Waals surface area contributed by atoms with Gasteiger partial charge in [0.25, 0.3) is 0 Å². The van der Waals surface area contributed by atoms with E-state index in [9.17, 15) is 9.59 Å². The first-order chi connectivity index (χ1) is 8.47. The monoisotopic (exact) mass is 254 g/mol. The quantitative estimate of drug-likeness (QED) is 0.772. The number of carbonyl (C=O) groups is 2. The van der Waals surface area contributed by atoms with E-state index in [1.165, 1.54) is 0 Å². The minimum atomic E-state index is -0.678. The van der Waals surface area contributed by atoms with E-state index < -0.39 is 5.54 Å². The maximum atomic E-state index is 12.5. The van der Waals surface area contributed by atoms with Crippen molar-refractivity contribution >= 4 is 11.8 Å². The van der Waals surface area contributed by atoms with Crippen LogP contribution in [0.3, 0.4) is 0 Å². The molecule has 1 aliphatic carbocycles. The minimum Gasteiger partial charge on any atom is -0.384 e. The van der Waals surface area contributed by atoms with E-state index in [4.69, 9.17) is 4.74 Å². The summed E-state index contributed by atoms with van der Waals surface area (Å²) in [6, 6.07) is 0. The van der Waals surface area contributed by atoms with Gasteiger partial charge in [-0.2, -0.15) is 0 Å². The Morgan fingerprint density at radius 2 is 2.17 bits per heavy atom. The lowest BCUT2D eigenvalue weighted by atomic mass is 9.91. The highest BCUT2D eigenvalue weighted by Gasteiger charge is 2.52. The van der Waals surface area contributed by atoms with Gasteiger partial charge in [-0.1, -0.05) is 6.92 Å². The summed E-state index contributed by atoms with van der Waals surface area (Å²) >= 11 is 0. The third-order valence-corrected chi connectivity index (χ3v) is 3.84. The Labute approximate surface area is 108 Å². The van der Waals surface area contributed by atoms with Crippen molar-refractivity contribution in [2.45, 2.75) is 32.2 Å². The molecule has 2 rings (SSSR count). The van der Waals surface area contributed by atoms with Crippen LogP contribution in [-0.2, 0) is 14.3 Å². The molecule has 5 nitrogen and oxygen atoms in total. The molecule has 0 spiro atoms. The predicted octanol–water partition coefficient (Wildman–Crippen LogP) is 0.396. The van der Waals surface area contributed by atoms with Crippen molar-refractivity contribution in [3.8, 4) is 0 Å². The van der Waals surface area contributed by atoms with E-state index in [0.29, 0.717) is 19.1 Å². The van der Waals surface area contributed by atoms with E-state index in [1.54, 1.807) is 12.0 Å². The Bertz CT molecular complexity index is 354. The van der Waals surface area contributed by atoms with Gasteiger partial charge in [-0.3, -0.25) is 9.59 Å². The van der Waals surface area contributed by atoms with Crippen LogP contribution in [0, 0.1) is 11.8 Å². The zero-order chi connectivity index (χ0) is 13.3. The van der Waals surface area contributed by atoms with E-state index in [-0.39, 0.29) is 24.3 Å². The van der Waals surface area contributed by atoms with Crippen molar-refractivity contribution in [1.82, 2.24) is 10.2 Å². The molecule has 5 heteroatoms. The Morgan fingerprint density at radius 3 is 2.72 bits per heavy atom. The molecule has 1 saturated heterocycles. The predicted molar refractivity (Wildman–Crippen MR) is 66.9 cm³/mol. The van der Waals surface area contributed by atoms with E-state index in [1.807, 2.05) is 13.8 Å². The standard InChI is InChI=1S/C13H22N2O3/c1-9(8-18-3)6-15-7-11(16)14-13(2,12(15)17)10-4-5-10/h9-10H,4-8H2,1-3H3,(H,14,16). The highest BCUT2D eigenvalue weighted by Crippen LogP contribution is 2.41. The molecule has 1 saturated carbocycles. The zero-order valence-corrected chi connectivity index (χ0v) is 11.4. The van der Waals surface area contributed by atoms with Crippen LogP contribution >= 0.6 is 0 Å². The van der Waals surface area contributed by atoms with Crippen LogP contribution in [-0.4, -0.2) is 49.1 Å².